The van der Waals surface area contributed by atoms with Crippen LogP contribution >= 0.6 is 23.4 Å². The Morgan fingerprint density at radius 1 is 1.05 bits per heavy atom. The van der Waals surface area contributed by atoms with E-state index >= 15 is 0 Å². The van der Waals surface area contributed by atoms with Crippen molar-refractivity contribution in [2.75, 3.05) is 39.8 Å². The van der Waals surface area contributed by atoms with E-state index in [0.29, 0.717) is 32.2 Å². The van der Waals surface area contributed by atoms with Crippen LogP contribution in [0.3, 0.4) is 0 Å². The maximum absolute atomic E-state index is 13.6. The minimum atomic E-state index is -2.48. The highest BCUT2D eigenvalue weighted by Crippen LogP contribution is 2.38. The molecule has 0 spiro atoms. The Morgan fingerprint density at radius 2 is 1.85 bits per heavy atom. The van der Waals surface area contributed by atoms with E-state index < -0.39 is 18.5 Å². The van der Waals surface area contributed by atoms with Gasteiger partial charge in [-0.2, -0.15) is 0 Å². The smallest absolute Gasteiger partial charge is 0.254 e. The van der Waals surface area contributed by atoms with Crippen molar-refractivity contribution >= 4 is 35.2 Å². The Morgan fingerprint density at radius 3 is 2.54 bits per heavy atom. The summed E-state index contributed by atoms with van der Waals surface area (Å²) in [6.45, 7) is 6.36. The van der Waals surface area contributed by atoms with Crippen LogP contribution in [0.25, 0.3) is 0 Å². The molecule has 0 aromatic heterocycles. The first-order valence-corrected chi connectivity index (χ1v) is 15.4. The van der Waals surface area contributed by atoms with E-state index in [2.05, 4.69) is 38.8 Å². The summed E-state index contributed by atoms with van der Waals surface area (Å²) in [6.07, 6.45) is -0.805. The summed E-state index contributed by atoms with van der Waals surface area (Å²) in [5, 5.41) is 19.5. The third kappa shape index (κ3) is 6.50. The number of fused-ring (bicyclic) bond motifs is 1. The van der Waals surface area contributed by atoms with Crippen LogP contribution in [-0.4, -0.2) is 116 Å². The fraction of sp³-hybridized carbons (Fsp3) is 0.920. The Balaban J connectivity index is 1.14. The molecule has 0 aromatic rings. The van der Waals surface area contributed by atoms with Gasteiger partial charge in [-0.1, -0.05) is 0 Å². The summed E-state index contributed by atoms with van der Waals surface area (Å²) < 4.78 is 31.9. The Hall–Kier alpha value is -0.800. The highest BCUT2D eigenvalue weighted by Gasteiger charge is 2.48. The number of nitrogens with zero attached hydrogens (tertiary/aromatic N) is 1. The van der Waals surface area contributed by atoms with Gasteiger partial charge in [0, 0.05) is 63.2 Å². The van der Waals surface area contributed by atoms with Crippen molar-refractivity contribution in [3.63, 3.8) is 0 Å². The third-order valence-corrected chi connectivity index (χ3v) is 10.8. The topological polar surface area (TPSA) is 119 Å². The maximum atomic E-state index is 13.6. The molecule has 5 fully saturated rings. The molecule has 39 heavy (non-hydrogen) atoms. The monoisotopic (exact) mass is 593 g/mol. The number of carbonyl (C=O) groups excluding carboxylic acids is 2. The van der Waals surface area contributed by atoms with Crippen LogP contribution in [0.5, 0.6) is 0 Å². The maximum Gasteiger partial charge on any atom is 0.254 e. The van der Waals surface area contributed by atoms with Crippen molar-refractivity contribution in [2.24, 2.45) is 17.8 Å². The summed E-state index contributed by atoms with van der Waals surface area (Å²) in [5.74, 6) is 0.129. The average Bonchev–Trinajstić information content (AvgIpc) is 3.47. The number of piperidine rings is 2. The van der Waals surface area contributed by atoms with Crippen LogP contribution in [0, 0.1) is 17.8 Å². The molecule has 222 valence electrons. The molecule has 6 N–H and O–H groups in total. The van der Waals surface area contributed by atoms with Crippen molar-refractivity contribution in [1.82, 2.24) is 36.8 Å². The Kier molecular flexibility index (Phi) is 9.59. The summed E-state index contributed by atoms with van der Waals surface area (Å²) in [7, 11) is 1.72. The number of carbonyl (C=O) groups is 2. The van der Waals surface area contributed by atoms with Gasteiger partial charge in [0.05, 0.1) is 23.6 Å². The van der Waals surface area contributed by atoms with Gasteiger partial charge in [0.25, 0.3) is 6.43 Å². The van der Waals surface area contributed by atoms with E-state index in [0.717, 1.165) is 12.8 Å². The van der Waals surface area contributed by atoms with Crippen molar-refractivity contribution in [2.45, 2.75) is 85.7 Å². The predicted octanol–water partition coefficient (Wildman–Crippen LogP) is -0.311. The molecule has 5 saturated heterocycles. The lowest BCUT2D eigenvalue weighted by Gasteiger charge is -2.45. The number of thioether (sulfide) groups is 1. The second kappa shape index (κ2) is 12.6. The van der Waals surface area contributed by atoms with Crippen LogP contribution in [0.1, 0.15) is 26.7 Å². The van der Waals surface area contributed by atoms with E-state index in [1.54, 1.807) is 30.7 Å². The highest BCUT2D eigenvalue weighted by molar-refractivity contribution is 8.00. The lowest BCUT2D eigenvalue weighted by Crippen LogP contribution is -2.66. The summed E-state index contributed by atoms with van der Waals surface area (Å²) >= 11 is 8.10. The van der Waals surface area contributed by atoms with Gasteiger partial charge in [0.15, 0.2) is 0 Å². The number of amides is 2. The predicted molar refractivity (Wildman–Crippen MR) is 147 cm³/mol. The molecule has 12 atom stereocenters. The molecule has 0 saturated carbocycles. The normalized spacial score (nSPS) is 44.8. The number of nitrogens with one attached hydrogen (secondary N) is 6. The Labute approximate surface area is 238 Å². The van der Waals surface area contributed by atoms with Crippen molar-refractivity contribution < 1.29 is 23.1 Å². The molecule has 0 aromatic carbocycles. The first-order chi connectivity index (χ1) is 18.6. The molecule has 0 bridgehead atoms. The van der Waals surface area contributed by atoms with Gasteiger partial charge in [-0.15, -0.1) is 23.4 Å². The summed E-state index contributed by atoms with van der Waals surface area (Å²) in [6, 6.07) is -1.48. The molecule has 5 rings (SSSR count). The van der Waals surface area contributed by atoms with Gasteiger partial charge in [0.1, 0.15) is 11.5 Å². The standard InChI is InChI=1S/C25H42ClF2N7O3S/c1-11-4-13(14-5-20(26)30-8-18(14)38-3)15(6-29-11)23(36)34-25-33-17-9-35(10-19(17)39-25)24(37)21-12(2)32-16(7-31-21)22(27)28/h11-22,25,29-33H,4-10H2,1-3H3,(H,34,36). The molecule has 10 nitrogen and oxygen atoms in total. The summed E-state index contributed by atoms with van der Waals surface area (Å²) in [5.41, 5.74) is -0.349. The number of halogens is 3. The highest BCUT2D eigenvalue weighted by atomic mass is 35.5. The zero-order chi connectivity index (χ0) is 27.8. The Bertz CT molecular complexity index is 883. The summed E-state index contributed by atoms with van der Waals surface area (Å²) in [4.78, 5) is 28.5. The second-order valence-electron chi connectivity index (χ2n) is 11.7. The van der Waals surface area contributed by atoms with E-state index in [9.17, 15) is 18.4 Å². The molecule has 2 amide bonds. The molecule has 12 unspecified atom stereocenters. The average molecular weight is 594 g/mol. The molecule has 5 heterocycles. The van der Waals surface area contributed by atoms with Gasteiger partial charge < -0.3 is 30.9 Å². The second-order valence-corrected chi connectivity index (χ2v) is 13.6. The lowest BCUT2D eigenvalue weighted by atomic mass is 9.70. The number of likely N-dealkylation sites (tertiary alicyclic amines) is 1. The van der Waals surface area contributed by atoms with E-state index in [-0.39, 0.29) is 70.5 Å². The zero-order valence-corrected chi connectivity index (χ0v) is 24.2. The molecule has 5 aliphatic heterocycles. The van der Waals surface area contributed by atoms with E-state index in [4.69, 9.17) is 16.3 Å². The van der Waals surface area contributed by atoms with Gasteiger partial charge in [-0.3, -0.25) is 20.2 Å². The molecule has 0 aliphatic carbocycles. The zero-order valence-electron chi connectivity index (χ0n) is 22.7. The molecular weight excluding hydrogens is 552 g/mol. The molecule has 5 aliphatic rings. The number of hydrogen-bond acceptors (Lipinski definition) is 9. The van der Waals surface area contributed by atoms with Crippen molar-refractivity contribution in [3.05, 3.63) is 0 Å². The number of rotatable bonds is 6. The first kappa shape index (κ1) is 29.7. The molecular formula is C25H42ClF2N7O3S. The van der Waals surface area contributed by atoms with E-state index in [1.165, 1.54) is 0 Å². The van der Waals surface area contributed by atoms with Crippen molar-refractivity contribution in [3.8, 4) is 0 Å². The van der Waals surface area contributed by atoms with Gasteiger partial charge in [-0.05, 0) is 38.5 Å². The number of ether oxygens (including phenoxy) is 1. The van der Waals surface area contributed by atoms with Gasteiger partial charge in [0.2, 0.25) is 11.8 Å². The molecule has 14 heteroatoms. The van der Waals surface area contributed by atoms with Crippen molar-refractivity contribution in [1.29, 1.82) is 0 Å². The largest absolute Gasteiger partial charge is 0.380 e. The van der Waals surface area contributed by atoms with Crippen LogP contribution in [0.4, 0.5) is 8.78 Å². The quantitative estimate of drug-likeness (QED) is 0.182. The number of piperazine rings is 1. The minimum Gasteiger partial charge on any atom is -0.380 e. The van der Waals surface area contributed by atoms with Gasteiger partial charge in [-0.25, -0.2) is 8.78 Å². The number of alkyl halides is 3. The minimum absolute atomic E-state index is 0.0188. The van der Waals surface area contributed by atoms with Crippen LogP contribution in [-0.2, 0) is 14.3 Å². The number of hydrogen-bond donors (Lipinski definition) is 6. The van der Waals surface area contributed by atoms with Crippen LogP contribution < -0.4 is 31.9 Å². The fourth-order valence-corrected chi connectivity index (χ4v) is 8.73. The van der Waals surface area contributed by atoms with Gasteiger partial charge >= 0.3 is 0 Å². The lowest BCUT2D eigenvalue weighted by molar-refractivity contribution is -0.134. The fourth-order valence-electron chi connectivity index (χ4n) is 7.03. The van der Waals surface area contributed by atoms with Crippen LogP contribution in [0.2, 0.25) is 0 Å². The van der Waals surface area contributed by atoms with E-state index in [1.807, 2.05) is 0 Å². The molecule has 0 radical (unpaired) electrons. The third-order valence-electron chi connectivity index (χ3n) is 9.15. The number of methoxy groups -OCH3 is 1. The van der Waals surface area contributed by atoms with Crippen LogP contribution in [0.15, 0.2) is 0 Å². The SMILES string of the molecule is COC1CNC(Cl)CC1C1CC(C)NCC1C(=O)NC1NC2CN(C(=O)C3NCC(C(F)F)NC3C)CC2S1. The first-order valence-electron chi connectivity index (χ1n) is 14.1.